The van der Waals surface area contributed by atoms with Crippen LogP contribution in [0.1, 0.15) is 23.4 Å². The molecule has 1 atom stereocenters. The molecule has 10 heteroatoms. The lowest BCUT2D eigenvalue weighted by molar-refractivity contribution is -0.135. The van der Waals surface area contributed by atoms with Gasteiger partial charge in [-0.2, -0.15) is 0 Å². The summed E-state index contributed by atoms with van der Waals surface area (Å²) in [7, 11) is -2.45. The van der Waals surface area contributed by atoms with E-state index in [1.54, 1.807) is 4.90 Å². The molecule has 1 aromatic heterocycles. The Morgan fingerprint density at radius 2 is 2.16 bits per heavy atom. The lowest BCUT2D eigenvalue weighted by atomic mass is 10.0. The number of piperidine rings is 1. The lowest BCUT2D eigenvalue weighted by Gasteiger charge is -2.40. The number of hydrogen-bond acceptors (Lipinski definition) is 6. The van der Waals surface area contributed by atoms with Crippen LogP contribution in [0.2, 0.25) is 0 Å². The van der Waals surface area contributed by atoms with Gasteiger partial charge in [0.25, 0.3) is 15.9 Å². The van der Waals surface area contributed by atoms with Gasteiger partial charge in [0.2, 0.25) is 11.0 Å². The summed E-state index contributed by atoms with van der Waals surface area (Å²) in [6, 6.07) is 2.62. The molecular weight excluding hydrogens is 348 g/mol. The standard InChI is InChI=1S/C15H22N4O5S/c1-16-25(22,23)14-5-4-12(24-14)15(21)18-7-2-3-11(10-18)19-8-6-17-9-13(19)20/h4-5,11,16-17H,2-3,6-10H2,1H3. The molecule has 0 radical (unpaired) electrons. The van der Waals surface area contributed by atoms with E-state index in [-0.39, 0.29) is 28.7 Å². The Hall–Kier alpha value is -1.91. The minimum absolute atomic E-state index is 0.0113. The van der Waals surface area contributed by atoms with Crippen LogP contribution < -0.4 is 10.0 Å². The van der Waals surface area contributed by atoms with Crippen molar-refractivity contribution in [1.82, 2.24) is 19.8 Å². The summed E-state index contributed by atoms with van der Waals surface area (Å²) in [4.78, 5) is 28.1. The Morgan fingerprint density at radius 1 is 1.36 bits per heavy atom. The van der Waals surface area contributed by atoms with Gasteiger partial charge in [-0.3, -0.25) is 9.59 Å². The quantitative estimate of drug-likeness (QED) is 0.719. The molecule has 2 fully saturated rings. The van der Waals surface area contributed by atoms with Gasteiger partial charge in [0, 0.05) is 32.2 Å². The van der Waals surface area contributed by atoms with E-state index in [0.717, 1.165) is 19.4 Å². The molecule has 3 rings (SSSR count). The van der Waals surface area contributed by atoms with Crippen LogP contribution in [0.5, 0.6) is 0 Å². The summed E-state index contributed by atoms with van der Waals surface area (Å²) in [6.45, 7) is 2.70. The molecule has 0 spiro atoms. The number of carbonyl (C=O) groups excluding carboxylic acids is 2. The SMILES string of the molecule is CNS(=O)(=O)c1ccc(C(=O)N2CCCC(N3CCNCC3=O)C2)o1. The molecule has 2 aliphatic rings. The van der Waals surface area contributed by atoms with Gasteiger partial charge in [-0.15, -0.1) is 0 Å². The number of piperazine rings is 1. The second kappa shape index (κ2) is 7.14. The zero-order valence-electron chi connectivity index (χ0n) is 14.0. The van der Waals surface area contributed by atoms with Gasteiger partial charge in [0.15, 0.2) is 5.76 Å². The van der Waals surface area contributed by atoms with Crippen LogP contribution in [0.25, 0.3) is 0 Å². The van der Waals surface area contributed by atoms with Crippen molar-refractivity contribution in [2.45, 2.75) is 24.0 Å². The third-order valence-electron chi connectivity index (χ3n) is 4.58. The number of furan rings is 1. The number of sulfonamides is 1. The molecule has 2 aliphatic heterocycles. The summed E-state index contributed by atoms with van der Waals surface area (Å²) in [5, 5.41) is 2.75. The largest absolute Gasteiger partial charge is 0.438 e. The molecule has 0 aromatic carbocycles. The molecule has 9 nitrogen and oxygen atoms in total. The van der Waals surface area contributed by atoms with Gasteiger partial charge in [-0.1, -0.05) is 0 Å². The van der Waals surface area contributed by atoms with Crippen molar-refractivity contribution in [3.8, 4) is 0 Å². The maximum Gasteiger partial charge on any atom is 0.289 e. The van der Waals surface area contributed by atoms with Gasteiger partial charge in [0.05, 0.1) is 6.54 Å². The van der Waals surface area contributed by atoms with Crippen molar-refractivity contribution in [3.05, 3.63) is 17.9 Å². The van der Waals surface area contributed by atoms with E-state index in [0.29, 0.717) is 26.2 Å². The first-order valence-electron chi connectivity index (χ1n) is 8.25. The number of hydrogen-bond donors (Lipinski definition) is 2. The zero-order valence-corrected chi connectivity index (χ0v) is 14.8. The van der Waals surface area contributed by atoms with Crippen LogP contribution in [0.15, 0.2) is 21.6 Å². The van der Waals surface area contributed by atoms with E-state index < -0.39 is 10.0 Å². The van der Waals surface area contributed by atoms with Crippen LogP contribution in [0.4, 0.5) is 0 Å². The van der Waals surface area contributed by atoms with Gasteiger partial charge >= 0.3 is 0 Å². The van der Waals surface area contributed by atoms with Crippen molar-refractivity contribution < 1.29 is 22.4 Å². The monoisotopic (exact) mass is 370 g/mol. The Bertz CT molecular complexity index is 760. The average molecular weight is 370 g/mol. The van der Waals surface area contributed by atoms with E-state index in [9.17, 15) is 18.0 Å². The highest BCUT2D eigenvalue weighted by atomic mass is 32.2. The third kappa shape index (κ3) is 3.70. The Balaban J connectivity index is 1.71. The minimum Gasteiger partial charge on any atom is -0.438 e. The van der Waals surface area contributed by atoms with E-state index in [1.807, 2.05) is 4.90 Å². The van der Waals surface area contributed by atoms with Gasteiger partial charge in [0.1, 0.15) is 0 Å². The number of amides is 2. The Labute approximate surface area is 146 Å². The fraction of sp³-hybridized carbons (Fsp3) is 0.600. The first-order chi connectivity index (χ1) is 11.9. The molecule has 0 saturated carbocycles. The summed E-state index contributed by atoms with van der Waals surface area (Å²) < 4.78 is 30.8. The zero-order chi connectivity index (χ0) is 18.0. The minimum atomic E-state index is -3.72. The van der Waals surface area contributed by atoms with Crippen molar-refractivity contribution in [3.63, 3.8) is 0 Å². The smallest absolute Gasteiger partial charge is 0.289 e. The lowest BCUT2D eigenvalue weighted by Crippen LogP contribution is -2.57. The maximum atomic E-state index is 12.6. The number of nitrogens with one attached hydrogen (secondary N) is 2. The van der Waals surface area contributed by atoms with Crippen molar-refractivity contribution in [2.75, 3.05) is 39.8 Å². The average Bonchev–Trinajstić information content (AvgIpc) is 3.12. The molecule has 1 aromatic rings. The highest BCUT2D eigenvalue weighted by Gasteiger charge is 2.33. The van der Waals surface area contributed by atoms with E-state index in [4.69, 9.17) is 4.42 Å². The maximum absolute atomic E-state index is 12.6. The first kappa shape index (κ1) is 17.9. The summed E-state index contributed by atoms with van der Waals surface area (Å²) >= 11 is 0. The Kier molecular flexibility index (Phi) is 5.11. The van der Waals surface area contributed by atoms with E-state index >= 15 is 0 Å². The van der Waals surface area contributed by atoms with Crippen LogP contribution in [0, 0.1) is 0 Å². The van der Waals surface area contributed by atoms with Crippen molar-refractivity contribution in [2.24, 2.45) is 0 Å². The molecule has 1 unspecified atom stereocenters. The van der Waals surface area contributed by atoms with Gasteiger partial charge in [-0.25, -0.2) is 13.1 Å². The van der Waals surface area contributed by atoms with Crippen LogP contribution in [-0.4, -0.2) is 75.8 Å². The predicted molar refractivity (Wildman–Crippen MR) is 88.5 cm³/mol. The van der Waals surface area contributed by atoms with Crippen molar-refractivity contribution >= 4 is 21.8 Å². The number of rotatable bonds is 4. The van der Waals surface area contributed by atoms with E-state index in [2.05, 4.69) is 10.0 Å². The predicted octanol–water partition coefficient (Wildman–Crippen LogP) is -0.776. The Morgan fingerprint density at radius 3 is 2.88 bits per heavy atom. The fourth-order valence-corrected chi connectivity index (χ4v) is 3.88. The van der Waals surface area contributed by atoms with Crippen LogP contribution >= 0.6 is 0 Å². The second-order valence-corrected chi connectivity index (χ2v) is 7.95. The summed E-state index contributed by atoms with van der Waals surface area (Å²) in [5.74, 6) is -0.322. The third-order valence-corrected chi connectivity index (χ3v) is 5.86. The second-order valence-electron chi connectivity index (χ2n) is 6.14. The molecule has 2 amide bonds. The highest BCUT2D eigenvalue weighted by molar-refractivity contribution is 7.89. The summed E-state index contributed by atoms with van der Waals surface area (Å²) in [5.41, 5.74) is 0. The molecule has 0 aliphatic carbocycles. The fourth-order valence-electron chi connectivity index (χ4n) is 3.24. The molecule has 138 valence electrons. The van der Waals surface area contributed by atoms with Crippen LogP contribution in [0.3, 0.4) is 0 Å². The number of nitrogens with zero attached hydrogens (tertiary/aromatic N) is 2. The normalized spacial score (nSPS) is 22.3. The number of likely N-dealkylation sites (tertiary alicyclic amines) is 1. The summed E-state index contributed by atoms with van der Waals surface area (Å²) in [6.07, 6.45) is 1.64. The number of carbonyl (C=O) groups is 2. The first-order valence-corrected chi connectivity index (χ1v) is 9.73. The molecule has 2 saturated heterocycles. The van der Waals surface area contributed by atoms with Crippen molar-refractivity contribution in [1.29, 1.82) is 0 Å². The molecular formula is C15H22N4O5S. The highest BCUT2D eigenvalue weighted by Crippen LogP contribution is 2.21. The van der Waals surface area contributed by atoms with Gasteiger partial charge in [-0.05, 0) is 32.0 Å². The topological polar surface area (TPSA) is 112 Å². The molecule has 0 bridgehead atoms. The van der Waals surface area contributed by atoms with Gasteiger partial charge < -0.3 is 19.5 Å². The molecule has 25 heavy (non-hydrogen) atoms. The van der Waals surface area contributed by atoms with E-state index in [1.165, 1.54) is 19.2 Å². The molecule has 3 heterocycles. The van der Waals surface area contributed by atoms with Crippen LogP contribution in [-0.2, 0) is 14.8 Å². The molecule has 2 N–H and O–H groups in total.